The van der Waals surface area contributed by atoms with Gasteiger partial charge in [0, 0.05) is 28.7 Å². The van der Waals surface area contributed by atoms with E-state index in [1.165, 1.54) is 11.3 Å². The Morgan fingerprint density at radius 3 is 2.85 bits per heavy atom. The van der Waals surface area contributed by atoms with Crippen molar-refractivity contribution in [2.75, 3.05) is 13.1 Å². The molecule has 0 aliphatic heterocycles. The van der Waals surface area contributed by atoms with E-state index in [1.54, 1.807) is 23.7 Å². The monoisotopic (exact) mass is 351 g/mol. The molecule has 20 heavy (non-hydrogen) atoms. The number of carbonyl (C=O) groups is 1. The van der Waals surface area contributed by atoms with E-state index in [9.17, 15) is 4.79 Å². The summed E-state index contributed by atoms with van der Waals surface area (Å²) in [4.78, 5) is 16.7. The molecule has 1 aromatic heterocycles. The first-order valence-corrected chi connectivity index (χ1v) is 7.14. The second-order valence-electron chi connectivity index (χ2n) is 3.70. The average molecular weight is 353 g/mol. The highest BCUT2D eigenvalue weighted by Crippen LogP contribution is 2.35. The van der Waals surface area contributed by atoms with Gasteiger partial charge in [-0.05, 0) is 18.2 Å². The number of nitrogens with two attached hydrogens (primary N) is 1. The summed E-state index contributed by atoms with van der Waals surface area (Å²) in [7, 11) is 0. The van der Waals surface area contributed by atoms with Gasteiger partial charge in [-0.15, -0.1) is 23.7 Å². The number of amides is 1. The molecule has 0 atom stereocenters. The van der Waals surface area contributed by atoms with E-state index in [0.717, 1.165) is 0 Å². The zero-order chi connectivity index (χ0) is 13.8. The van der Waals surface area contributed by atoms with Crippen LogP contribution in [0.2, 0.25) is 10.0 Å². The van der Waals surface area contributed by atoms with Gasteiger partial charge in [0.05, 0.1) is 10.4 Å². The number of thiazole rings is 1. The van der Waals surface area contributed by atoms with Crippen LogP contribution in [-0.4, -0.2) is 24.0 Å². The van der Waals surface area contributed by atoms with Crippen LogP contribution in [0.4, 0.5) is 0 Å². The maximum absolute atomic E-state index is 12.0. The van der Waals surface area contributed by atoms with Gasteiger partial charge in [-0.25, -0.2) is 4.98 Å². The molecule has 0 aliphatic rings. The first-order chi connectivity index (χ1) is 9.13. The van der Waals surface area contributed by atoms with Gasteiger partial charge in [-0.2, -0.15) is 0 Å². The molecule has 108 valence electrons. The van der Waals surface area contributed by atoms with Crippen LogP contribution >= 0.6 is 46.9 Å². The lowest BCUT2D eigenvalue weighted by molar-refractivity contribution is 0.0951. The molecule has 3 N–H and O–H groups in total. The molecule has 0 radical (unpaired) electrons. The molecule has 0 aliphatic carbocycles. The van der Waals surface area contributed by atoms with Crippen molar-refractivity contribution in [2.24, 2.45) is 5.73 Å². The lowest BCUT2D eigenvalue weighted by Crippen LogP contribution is -2.29. The van der Waals surface area contributed by atoms with Crippen molar-refractivity contribution < 1.29 is 4.79 Å². The van der Waals surface area contributed by atoms with Crippen LogP contribution in [0.5, 0.6) is 0 Å². The topological polar surface area (TPSA) is 68.0 Å². The van der Waals surface area contributed by atoms with Crippen molar-refractivity contribution in [3.8, 4) is 10.4 Å². The standard InChI is InChI=1S/C12H11Cl2N3OS.ClH/c13-7-1-2-9(14)8(5-7)11-10(17-6-19-11)12(18)16-4-3-15;/h1-2,5-6H,3-4,15H2,(H,16,18);1H. The number of rotatable bonds is 4. The molecule has 1 heterocycles. The Kier molecular flexibility index (Phi) is 6.71. The molecule has 0 spiro atoms. The molecule has 4 nitrogen and oxygen atoms in total. The second kappa shape index (κ2) is 7.81. The van der Waals surface area contributed by atoms with Crippen LogP contribution in [0.15, 0.2) is 23.7 Å². The number of aromatic nitrogens is 1. The first kappa shape index (κ1) is 17.2. The van der Waals surface area contributed by atoms with E-state index >= 15 is 0 Å². The first-order valence-electron chi connectivity index (χ1n) is 5.50. The number of carbonyl (C=O) groups excluding carboxylic acids is 1. The van der Waals surface area contributed by atoms with E-state index < -0.39 is 0 Å². The van der Waals surface area contributed by atoms with E-state index in [4.69, 9.17) is 28.9 Å². The third-order valence-electron chi connectivity index (χ3n) is 2.39. The highest BCUT2D eigenvalue weighted by molar-refractivity contribution is 7.13. The van der Waals surface area contributed by atoms with E-state index in [-0.39, 0.29) is 18.3 Å². The maximum Gasteiger partial charge on any atom is 0.271 e. The van der Waals surface area contributed by atoms with Gasteiger partial charge >= 0.3 is 0 Å². The third-order valence-corrected chi connectivity index (χ3v) is 3.81. The van der Waals surface area contributed by atoms with Crippen molar-refractivity contribution in [2.45, 2.75) is 0 Å². The highest BCUT2D eigenvalue weighted by Gasteiger charge is 2.18. The molecule has 0 unspecified atom stereocenters. The Balaban J connectivity index is 0.00000200. The summed E-state index contributed by atoms with van der Waals surface area (Å²) in [6.45, 7) is 0.780. The Labute approximate surface area is 136 Å². The number of hydrogen-bond donors (Lipinski definition) is 2. The predicted octanol–water partition coefficient (Wildman–Crippen LogP) is 3.23. The van der Waals surface area contributed by atoms with Crippen LogP contribution in [0.3, 0.4) is 0 Å². The van der Waals surface area contributed by atoms with Crippen LogP contribution in [0.1, 0.15) is 10.5 Å². The lowest BCUT2D eigenvalue weighted by atomic mass is 10.1. The van der Waals surface area contributed by atoms with Crippen molar-refractivity contribution in [3.63, 3.8) is 0 Å². The fourth-order valence-corrected chi connectivity index (χ4v) is 2.80. The molecule has 1 aromatic carbocycles. The average Bonchev–Trinajstić information content (AvgIpc) is 2.88. The number of hydrogen-bond acceptors (Lipinski definition) is 4. The molecule has 0 saturated carbocycles. The normalized spacial score (nSPS) is 9.95. The van der Waals surface area contributed by atoms with Gasteiger partial charge in [0.15, 0.2) is 0 Å². The van der Waals surface area contributed by atoms with Crippen molar-refractivity contribution >= 4 is 52.9 Å². The Hall–Kier alpha value is -0.850. The van der Waals surface area contributed by atoms with Crippen LogP contribution in [0.25, 0.3) is 10.4 Å². The molecule has 2 aromatic rings. The molecular formula is C12H12Cl3N3OS. The maximum atomic E-state index is 12.0. The number of nitrogens with one attached hydrogen (secondary N) is 1. The molecule has 0 saturated heterocycles. The predicted molar refractivity (Wildman–Crippen MR) is 86.2 cm³/mol. The minimum atomic E-state index is -0.266. The largest absolute Gasteiger partial charge is 0.349 e. The highest BCUT2D eigenvalue weighted by atomic mass is 35.5. The van der Waals surface area contributed by atoms with E-state index in [0.29, 0.717) is 39.3 Å². The van der Waals surface area contributed by atoms with Crippen molar-refractivity contribution in [3.05, 3.63) is 39.4 Å². The minimum absolute atomic E-state index is 0. The molecular weight excluding hydrogens is 341 g/mol. The third kappa shape index (κ3) is 3.84. The molecule has 2 rings (SSSR count). The van der Waals surface area contributed by atoms with Gasteiger partial charge in [-0.3, -0.25) is 4.79 Å². The Bertz CT molecular complexity index is 603. The van der Waals surface area contributed by atoms with Crippen LogP contribution < -0.4 is 11.1 Å². The quantitative estimate of drug-likeness (QED) is 0.887. The van der Waals surface area contributed by atoms with E-state index in [1.807, 2.05) is 0 Å². The summed E-state index contributed by atoms with van der Waals surface area (Å²) in [6, 6.07) is 5.11. The Morgan fingerprint density at radius 1 is 1.40 bits per heavy atom. The molecule has 1 amide bonds. The fraction of sp³-hybridized carbons (Fsp3) is 0.167. The van der Waals surface area contributed by atoms with Crippen molar-refractivity contribution in [1.29, 1.82) is 0 Å². The summed E-state index contributed by atoms with van der Waals surface area (Å²) in [6.07, 6.45) is 0. The summed E-state index contributed by atoms with van der Waals surface area (Å²) in [5.41, 5.74) is 7.99. The fourth-order valence-electron chi connectivity index (χ4n) is 1.54. The van der Waals surface area contributed by atoms with Gasteiger partial charge in [0.1, 0.15) is 5.69 Å². The summed E-state index contributed by atoms with van der Waals surface area (Å²) >= 11 is 13.4. The van der Waals surface area contributed by atoms with Gasteiger partial charge in [0.2, 0.25) is 0 Å². The lowest BCUT2D eigenvalue weighted by Gasteiger charge is -2.06. The summed E-state index contributed by atoms with van der Waals surface area (Å²) in [5, 5.41) is 3.77. The number of nitrogens with zero attached hydrogens (tertiary/aromatic N) is 1. The molecule has 0 bridgehead atoms. The molecule has 8 heteroatoms. The van der Waals surface area contributed by atoms with Crippen LogP contribution in [0, 0.1) is 0 Å². The van der Waals surface area contributed by atoms with E-state index in [2.05, 4.69) is 10.3 Å². The van der Waals surface area contributed by atoms with Crippen molar-refractivity contribution in [1.82, 2.24) is 10.3 Å². The molecule has 0 fully saturated rings. The SMILES string of the molecule is Cl.NCCNC(=O)c1ncsc1-c1cc(Cl)ccc1Cl. The van der Waals surface area contributed by atoms with Gasteiger partial charge < -0.3 is 11.1 Å². The van der Waals surface area contributed by atoms with Gasteiger partial charge in [-0.1, -0.05) is 23.2 Å². The minimum Gasteiger partial charge on any atom is -0.349 e. The summed E-state index contributed by atoms with van der Waals surface area (Å²) < 4.78 is 0. The van der Waals surface area contributed by atoms with Crippen LogP contribution in [-0.2, 0) is 0 Å². The van der Waals surface area contributed by atoms with Gasteiger partial charge in [0.25, 0.3) is 5.91 Å². The smallest absolute Gasteiger partial charge is 0.271 e. The number of benzene rings is 1. The second-order valence-corrected chi connectivity index (χ2v) is 5.40. The zero-order valence-electron chi connectivity index (χ0n) is 10.2. The number of halogens is 3. The summed E-state index contributed by atoms with van der Waals surface area (Å²) in [5.74, 6) is -0.266. The zero-order valence-corrected chi connectivity index (χ0v) is 13.4. The Morgan fingerprint density at radius 2 is 2.15 bits per heavy atom.